The zero-order valence-electron chi connectivity index (χ0n) is 8.46. The van der Waals surface area contributed by atoms with Gasteiger partial charge < -0.3 is 11.1 Å². The summed E-state index contributed by atoms with van der Waals surface area (Å²) in [7, 11) is 0. The molecule has 3 heteroatoms. The molecule has 0 aliphatic heterocycles. The van der Waals surface area contributed by atoms with E-state index >= 15 is 0 Å². The van der Waals surface area contributed by atoms with Crippen LogP contribution in [0, 0.1) is 5.82 Å². The number of halogens is 1. The van der Waals surface area contributed by atoms with E-state index in [9.17, 15) is 4.39 Å². The van der Waals surface area contributed by atoms with E-state index in [1.54, 1.807) is 12.1 Å². The molecule has 0 aromatic heterocycles. The van der Waals surface area contributed by atoms with Crippen LogP contribution in [0.15, 0.2) is 24.3 Å². The van der Waals surface area contributed by atoms with Crippen LogP contribution in [0.4, 0.5) is 4.39 Å². The first kappa shape index (κ1) is 11.1. The van der Waals surface area contributed by atoms with Crippen LogP contribution in [0.25, 0.3) is 0 Å². The van der Waals surface area contributed by atoms with Crippen molar-refractivity contribution in [1.29, 1.82) is 0 Å². The zero-order valence-corrected chi connectivity index (χ0v) is 8.46. The fourth-order valence-electron chi connectivity index (χ4n) is 1.24. The predicted octanol–water partition coefficient (Wildman–Crippen LogP) is 1.31. The molecule has 0 spiro atoms. The van der Waals surface area contributed by atoms with Crippen molar-refractivity contribution in [1.82, 2.24) is 5.32 Å². The molecule has 0 bridgehead atoms. The number of nitrogens with two attached hydrogens (primary N) is 1. The van der Waals surface area contributed by atoms with Crippen molar-refractivity contribution in [3.05, 3.63) is 35.6 Å². The summed E-state index contributed by atoms with van der Waals surface area (Å²) in [6.45, 7) is 3.50. The topological polar surface area (TPSA) is 38.0 Å². The van der Waals surface area contributed by atoms with Crippen LogP contribution in [0.1, 0.15) is 12.5 Å². The van der Waals surface area contributed by atoms with E-state index in [-0.39, 0.29) is 5.82 Å². The van der Waals surface area contributed by atoms with Gasteiger partial charge in [-0.1, -0.05) is 12.1 Å². The summed E-state index contributed by atoms with van der Waals surface area (Å²) in [6.07, 6.45) is 0.835. The van der Waals surface area contributed by atoms with Crippen LogP contribution >= 0.6 is 0 Å². The molecule has 0 amide bonds. The lowest BCUT2D eigenvalue weighted by molar-refractivity contribution is 0.557. The second-order valence-electron chi connectivity index (χ2n) is 3.47. The summed E-state index contributed by atoms with van der Waals surface area (Å²) >= 11 is 0. The normalized spacial score (nSPS) is 12.8. The molecule has 0 fully saturated rings. The number of rotatable bonds is 5. The molecule has 3 N–H and O–H groups in total. The summed E-state index contributed by atoms with van der Waals surface area (Å²) in [6, 6.07) is 7.01. The number of nitrogens with one attached hydrogen (secondary N) is 1. The van der Waals surface area contributed by atoms with Gasteiger partial charge in [-0.3, -0.25) is 0 Å². The monoisotopic (exact) mass is 196 g/mol. The van der Waals surface area contributed by atoms with E-state index < -0.39 is 0 Å². The zero-order chi connectivity index (χ0) is 10.4. The highest BCUT2D eigenvalue weighted by atomic mass is 19.1. The Hall–Kier alpha value is -0.930. The Morgan fingerprint density at radius 3 is 2.93 bits per heavy atom. The lowest BCUT2D eigenvalue weighted by atomic mass is 10.1. The second-order valence-corrected chi connectivity index (χ2v) is 3.47. The smallest absolute Gasteiger partial charge is 0.123 e. The lowest BCUT2D eigenvalue weighted by Gasteiger charge is -2.10. The Labute approximate surface area is 84.3 Å². The van der Waals surface area contributed by atoms with Crippen molar-refractivity contribution in [2.24, 2.45) is 5.73 Å². The molecule has 0 radical (unpaired) electrons. The molecule has 0 saturated heterocycles. The lowest BCUT2D eigenvalue weighted by Crippen LogP contribution is -2.34. The van der Waals surface area contributed by atoms with Gasteiger partial charge in [-0.25, -0.2) is 4.39 Å². The number of hydrogen-bond acceptors (Lipinski definition) is 2. The molecule has 0 aliphatic carbocycles. The average molecular weight is 196 g/mol. The standard InChI is InChI=1S/C11H17FN2/c1-9(8-13)14-6-5-10-3-2-4-11(12)7-10/h2-4,7,9,14H,5-6,8,13H2,1H3/t9-/m1/s1. The van der Waals surface area contributed by atoms with Crippen LogP contribution in [0.3, 0.4) is 0 Å². The summed E-state index contributed by atoms with van der Waals surface area (Å²) in [5.41, 5.74) is 6.47. The summed E-state index contributed by atoms with van der Waals surface area (Å²) in [5.74, 6) is -0.172. The Kier molecular flexibility index (Phi) is 4.56. The predicted molar refractivity (Wildman–Crippen MR) is 56.6 cm³/mol. The van der Waals surface area contributed by atoms with Gasteiger partial charge in [0.2, 0.25) is 0 Å². The van der Waals surface area contributed by atoms with Crippen LogP contribution in [-0.4, -0.2) is 19.1 Å². The molecular formula is C11H17FN2. The fourth-order valence-corrected chi connectivity index (χ4v) is 1.24. The third-order valence-electron chi connectivity index (χ3n) is 2.15. The van der Waals surface area contributed by atoms with Gasteiger partial charge >= 0.3 is 0 Å². The molecule has 0 aliphatic rings. The Bertz CT molecular complexity index is 276. The van der Waals surface area contributed by atoms with Gasteiger partial charge in [-0.15, -0.1) is 0 Å². The molecule has 0 heterocycles. The molecule has 1 aromatic rings. The molecule has 1 aromatic carbocycles. The Balaban J connectivity index is 2.31. The highest BCUT2D eigenvalue weighted by Gasteiger charge is 1.98. The average Bonchev–Trinajstić information content (AvgIpc) is 2.17. The first-order valence-corrected chi connectivity index (χ1v) is 4.90. The van der Waals surface area contributed by atoms with Crippen LogP contribution in [0.2, 0.25) is 0 Å². The van der Waals surface area contributed by atoms with Gasteiger partial charge in [0.05, 0.1) is 0 Å². The molecule has 2 nitrogen and oxygen atoms in total. The maximum absolute atomic E-state index is 12.8. The van der Waals surface area contributed by atoms with E-state index in [4.69, 9.17) is 5.73 Å². The van der Waals surface area contributed by atoms with E-state index in [2.05, 4.69) is 5.32 Å². The van der Waals surface area contributed by atoms with Crippen LogP contribution in [0.5, 0.6) is 0 Å². The molecule has 0 saturated carbocycles. The molecule has 78 valence electrons. The number of hydrogen-bond donors (Lipinski definition) is 2. The van der Waals surface area contributed by atoms with Crippen molar-refractivity contribution in [2.75, 3.05) is 13.1 Å². The van der Waals surface area contributed by atoms with E-state index in [0.29, 0.717) is 12.6 Å². The van der Waals surface area contributed by atoms with Gasteiger partial charge in [0.15, 0.2) is 0 Å². The largest absolute Gasteiger partial charge is 0.329 e. The van der Waals surface area contributed by atoms with Crippen LogP contribution < -0.4 is 11.1 Å². The summed E-state index contributed by atoms with van der Waals surface area (Å²) in [4.78, 5) is 0. The highest BCUT2D eigenvalue weighted by Crippen LogP contribution is 2.03. The third-order valence-corrected chi connectivity index (χ3v) is 2.15. The Morgan fingerprint density at radius 2 is 2.29 bits per heavy atom. The summed E-state index contributed by atoms with van der Waals surface area (Å²) in [5, 5.41) is 3.25. The van der Waals surface area contributed by atoms with Crippen molar-refractivity contribution in [2.45, 2.75) is 19.4 Å². The molecular weight excluding hydrogens is 179 g/mol. The van der Waals surface area contributed by atoms with Gasteiger partial charge in [-0.2, -0.15) is 0 Å². The van der Waals surface area contributed by atoms with Crippen molar-refractivity contribution in [3.8, 4) is 0 Å². The maximum Gasteiger partial charge on any atom is 0.123 e. The molecule has 1 rings (SSSR count). The van der Waals surface area contributed by atoms with Crippen molar-refractivity contribution >= 4 is 0 Å². The minimum atomic E-state index is -0.172. The molecule has 14 heavy (non-hydrogen) atoms. The van der Waals surface area contributed by atoms with Crippen LogP contribution in [-0.2, 0) is 6.42 Å². The minimum Gasteiger partial charge on any atom is -0.329 e. The van der Waals surface area contributed by atoms with Gasteiger partial charge in [0.25, 0.3) is 0 Å². The SMILES string of the molecule is C[C@H](CN)NCCc1cccc(F)c1. The van der Waals surface area contributed by atoms with E-state index in [0.717, 1.165) is 18.5 Å². The van der Waals surface area contributed by atoms with E-state index in [1.807, 2.05) is 13.0 Å². The van der Waals surface area contributed by atoms with E-state index in [1.165, 1.54) is 6.07 Å². The molecule has 1 atom stereocenters. The molecule has 0 unspecified atom stereocenters. The van der Waals surface area contributed by atoms with Gasteiger partial charge in [-0.05, 0) is 37.6 Å². The third kappa shape index (κ3) is 3.85. The quantitative estimate of drug-likeness (QED) is 0.745. The van der Waals surface area contributed by atoms with Crippen molar-refractivity contribution in [3.63, 3.8) is 0 Å². The number of benzene rings is 1. The summed E-state index contributed by atoms with van der Waals surface area (Å²) < 4.78 is 12.8. The first-order valence-electron chi connectivity index (χ1n) is 4.90. The van der Waals surface area contributed by atoms with Gasteiger partial charge in [0.1, 0.15) is 5.82 Å². The minimum absolute atomic E-state index is 0.172. The fraction of sp³-hybridized carbons (Fsp3) is 0.455. The second kappa shape index (κ2) is 5.73. The van der Waals surface area contributed by atoms with Crippen molar-refractivity contribution < 1.29 is 4.39 Å². The van der Waals surface area contributed by atoms with Gasteiger partial charge in [0, 0.05) is 12.6 Å². The maximum atomic E-state index is 12.8. The highest BCUT2D eigenvalue weighted by molar-refractivity contribution is 5.16. The first-order chi connectivity index (χ1) is 6.72. The Morgan fingerprint density at radius 1 is 1.50 bits per heavy atom.